The minimum absolute atomic E-state index is 0.0275. The summed E-state index contributed by atoms with van der Waals surface area (Å²) >= 11 is 0. The van der Waals surface area contributed by atoms with E-state index in [0.29, 0.717) is 12.2 Å². The molecule has 0 radical (unpaired) electrons. The fourth-order valence-corrected chi connectivity index (χ4v) is 3.38. The van der Waals surface area contributed by atoms with E-state index in [-0.39, 0.29) is 11.3 Å². The zero-order chi connectivity index (χ0) is 23.2. The van der Waals surface area contributed by atoms with Crippen molar-refractivity contribution in [2.75, 3.05) is 11.9 Å². The predicted molar refractivity (Wildman–Crippen MR) is 127 cm³/mol. The van der Waals surface area contributed by atoms with Crippen molar-refractivity contribution >= 4 is 17.6 Å². The average Bonchev–Trinajstić information content (AvgIpc) is 2.77. The minimum Gasteiger partial charge on any atom is -0.494 e. The van der Waals surface area contributed by atoms with Crippen molar-refractivity contribution in [2.24, 2.45) is 0 Å². The van der Waals surface area contributed by atoms with Crippen molar-refractivity contribution in [1.82, 2.24) is 0 Å². The number of ether oxygens (including phenoxy) is 2. The summed E-state index contributed by atoms with van der Waals surface area (Å²) in [5.41, 5.74) is 1.67. The molecule has 0 unspecified atom stereocenters. The van der Waals surface area contributed by atoms with Crippen LogP contribution in [0.1, 0.15) is 81.1 Å². The van der Waals surface area contributed by atoms with Gasteiger partial charge in [-0.25, -0.2) is 4.79 Å². The number of carboxylic acid groups (broad SMARTS) is 1. The largest absolute Gasteiger partial charge is 0.494 e. The fourth-order valence-electron chi connectivity index (χ4n) is 3.38. The first-order valence-corrected chi connectivity index (χ1v) is 11.5. The number of anilines is 1. The molecule has 6 nitrogen and oxygen atoms in total. The number of hydrogen-bond donors (Lipinski definition) is 2. The van der Waals surface area contributed by atoms with E-state index in [1.165, 1.54) is 64.0 Å². The highest BCUT2D eigenvalue weighted by atomic mass is 16.5. The number of benzene rings is 2. The standard InChI is InChI=1S/C26H35NO5/c1-3-4-5-6-7-8-9-10-17-31-23-14-11-21(12-15-23)19-27-22-13-16-24(26(29)30)25(18-22)32-20(2)28/h11-16,18,27H,3-10,17,19H2,1-2H3,(H,29,30). The zero-order valence-corrected chi connectivity index (χ0v) is 19.2. The Morgan fingerprint density at radius 3 is 2.19 bits per heavy atom. The number of nitrogens with one attached hydrogen (secondary N) is 1. The van der Waals surface area contributed by atoms with Gasteiger partial charge in [0.1, 0.15) is 17.1 Å². The van der Waals surface area contributed by atoms with E-state index in [2.05, 4.69) is 12.2 Å². The summed E-state index contributed by atoms with van der Waals surface area (Å²) in [5, 5.41) is 12.4. The molecule has 32 heavy (non-hydrogen) atoms. The van der Waals surface area contributed by atoms with Crippen molar-refractivity contribution < 1.29 is 24.2 Å². The summed E-state index contributed by atoms with van der Waals surface area (Å²) in [6.45, 7) is 4.76. The molecule has 0 amide bonds. The quantitative estimate of drug-likeness (QED) is 0.188. The van der Waals surface area contributed by atoms with E-state index < -0.39 is 11.9 Å². The molecular formula is C26H35NO5. The molecule has 6 heteroatoms. The molecule has 0 saturated carbocycles. The van der Waals surface area contributed by atoms with Crippen LogP contribution in [0.2, 0.25) is 0 Å². The molecule has 2 N–H and O–H groups in total. The Hall–Kier alpha value is -3.02. The molecule has 0 bridgehead atoms. The number of carboxylic acids is 1. The van der Waals surface area contributed by atoms with Gasteiger partial charge in [-0.3, -0.25) is 4.79 Å². The van der Waals surface area contributed by atoms with Gasteiger partial charge in [-0.1, -0.05) is 64.0 Å². The van der Waals surface area contributed by atoms with Crippen molar-refractivity contribution in [3.8, 4) is 11.5 Å². The first kappa shape index (κ1) is 25.2. The number of hydrogen-bond acceptors (Lipinski definition) is 5. The van der Waals surface area contributed by atoms with Crippen molar-refractivity contribution in [1.29, 1.82) is 0 Å². The smallest absolute Gasteiger partial charge is 0.339 e. The van der Waals surface area contributed by atoms with Crippen molar-refractivity contribution in [3.63, 3.8) is 0 Å². The second-order valence-corrected chi connectivity index (χ2v) is 7.93. The van der Waals surface area contributed by atoms with E-state index in [1.54, 1.807) is 6.07 Å². The summed E-state index contributed by atoms with van der Waals surface area (Å²) < 4.78 is 10.9. The Kier molecular flexibility index (Phi) is 11.1. The van der Waals surface area contributed by atoms with Crippen LogP contribution in [0.3, 0.4) is 0 Å². The molecule has 0 aliphatic carbocycles. The van der Waals surface area contributed by atoms with Crippen LogP contribution in [0.5, 0.6) is 11.5 Å². The van der Waals surface area contributed by atoms with Crippen LogP contribution < -0.4 is 14.8 Å². The number of rotatable bonds is 15. The first-order chi connectivity index (χ1) is 15.5. The van der Waals surface area contributed by atoms with Crippen LogP contribution in [-0.4, -0.2) is 23.7 Å². The van der Waals surface area contributed by atoms with Crippen molar-refractivity contribution in [3.05, 3.63) is 53.6 Å². The molecule has 2 aromatic rings. The van der Waals surface area contributed by atoms with Crippen LogP contribution in [0, 0.1) is 0 Å². The lowest BCUT2D eigenvalue weighted by Gasteiger charge is -2.11. The van der Waals surface area contributed by atoms with Crippen molar-refractivity contribution in [2.45, 2.75) is 71.8 Å². The lowest BCUT2D eigenvalue weighted by molar-refractivity contribution is -0.131. The van der Waals surface area contributed by atoms with E-state index in [1.807, 2.05) is 24.3 Å². The third kappa shape index (κ3) is 9.41. The summed E-state index contributed by atoms with van der Waals surface area (Å²) in [6, 6.07) is 12.5. The molecule has 0 saturated heterocycles. The fraction of sp³-hybridized carbons (Fsp3) is 0.462. The third-order valence-electron chi connectivity index (χ3n) is 5.15. The number of aromatic carboxylic acids is 1. The Morgan fingerprint density at radius 2 is 1.56 bits per heavy atom. The van der Waals surface area contributed by atoms with E-state index in [4.69, 9.17) is 9.47 Å². The van der Waals surface area contributed by atoms with Gasteiger partial charge in [-0.15, -0.1) is 0 Å². The maximum Gasteiger partial charge on any atom is 0.339 e. The minimum atomic E-state index is -1.14. The first-order valence-electron chi connectivity index (χ1n) is 11.5. The number of unbranched alkanes of at least 4 members (excludes halogenated alkanes) is 7. The summed E-state index contributed by atoms with van der Waals surface area (Å²) in [6.07, 6.45) is 10.2. The van der Waals surface area contributed by atoms with Gasteiger partial charge in [0.25, 0.3) is 0 Å². The Balaban J connectivity index is 1.74. The van der Waals surface area contributed by atoms with Gasteiger partial charge in [0, 0.05) is 25.2 Å². The van der Waals surface area contributed by atoms with Gasteiger partial charge in [0.2, 0.25) is 0 Å². The molecule has 2 rings (SSSR count). The zero-order valence-electron chi connectivity index (χ0n) is 19.2. The molecule has 0 aliphatic rings. The monoisotopic (exact) mass is 441 g/mol. The molecule has 0 fully saturated rings. The Morgan fingerprint density at radius 1 is 0.906 bits per heavy atom. The molecule has 2 aromatic carbocycles. The summed E-state index contributed by atoms with van der Waals surface area (Å²) in [7, 11) is 0. The molecule has 0 aliphatic heterocycles. The maximum absolute atomic E-state index is 11.3. The Bertz CT molecular complexity index is 848. The number of esters is 1. The molecule has 0 heterocycles. The van der Waals surface area contributed by atoms with Gasteiger partial charge in [-0.05, 0) is 36.2 Å². The van der Waals surface area contributed by atoms with Gasteiger partial charge in [-0.2, -0.15) is 0 Å². The lowest BCUT2D eigenvalue weighted by Crippen LogP contribution is -2.08. The van der Waals surface area contributed by atoms with Crippen LogP contribution in [-0.2, 0) is 11.3 Å². The highest BCUT2D eigenvalue weighted by Gasteiger charge is 2.13. The summed E-state index contributed by atoms with van der Waals surface area (Å²) in [4.78, 5) is 22.5. The molecule has 0 aromatic heterocycles. The SMILES string of the molecule is CCCCCCCCCCOc1ccc(CNc2ccc(C(=O)O)c(OC(C)=O)c2)cc1. The second-order valence-electron chi connectivity index (χ2n) is 7.93. The maximum atomic E-state index is 11.3. The lowest BCUT2D eigenvalue weighted by atomic mass is 10.1. The second kappa shape index (κ2) is 14.1. The molecule has 174 valence electrons. The predicted octanol–water partition coefficient (Wildman–Crippen LogP) is 6.44. The topological polar surface area (TPSA) is 84.9 Å². The Labute approximate surface area is 190 Å². The summed E-state index contributed by atoms with van der Waals surface area (Å²) in [5.74, 6) is -0.818. The molecule has 0 atom stereocenters. The van der Waals surface area contributed by atoms with Crippen LogP contribution in [0.4, 0.5) is 5.69 Å². The van der Waals surface area contributed by atoms with E-state index >= 15 is 0 Å². The van der Waals surface area contributed by atoms with Gasteiger partial charge in [0.15, 0.2) is 0 Å². The van der Waals surface area contributed by atoms with Gasteiger partial charge >= 0.3 is 11.9 Å². The van der Waals surface area contributed by atoms with Crippen LogP contribution in [0.15, 0.2) is 42.5 Å². The normalized spacial score (nSPS) is 10.6. The van der Waals surface area contributed by atoms with E-state index in [9.17, 15) is 14.7 Å². The van der Waals surface area contributed by atoms with Gasteiger partial charge < -0.3 is 19.9 Å². The van der Waals surface area contributed by atoms with Gasteiger partial charge in [0.05, 0.1) is 6.61 Å². The number of carbonyl (C=O) groups excluding carboxylic acids is 1. The van der Waals surface area contributed by atoms with E-state index in [0.717, 1.165) is 24.3 Å². The molecule has 0 spiro atoms. The molecular weight excluding hydrogens is 406 g/mol. The number of carbonyl (C=O) groups is 2. The third-order valence-corrected chi connectivity index (χ3v) is 5.15. The van der Waals surface area contributed by atoms with Crippen LogP contribution >= 0.6 is 0 Å². The highest BCUT2D eigenvalue weighted by Crippen LogP contribution is 2.24. The average molecular weight is 442 g/mol. The van der Waals surface area contributed by atoms with Crippen LogP contribution in [0.25, 0.3) is 0 Å². The highest BCUT2D eigenvalue weighted by molar-refractivity contribution is 5.92.